The predicted molar refractivity (Wildman–Crippen MR) is 115 cm³/mol. The molecular weight excluding hydrogens is 362 g/mol. The summed E-state index contributed by atoms with van der Waals surface area (Å²) < 4.78 is 7.38. The summed E-state index contributed by atoms with van der Waals surface area (Å²) in [6, 6.07) is 13.2. The Bertz CT molecular complexity index is 1030. The normalized spacial score (nSPS) is 15.5. The number of ether oxygens (including phenoxy) is 1. The Morgan fingerprint density at radius 1 is 1.07 bits per heavy atom. The van der Waals surface area contributed by atoms with E-state index in [9.17, 15) is 0 Å². The zero-order valence-electron chi connectivity index (χ0n) is 16.4. The largest absolute Gasteiger partial charge is 0.383 e. The van der Waals surface area contributed by atoms with Gasteiger partial charge in [0.1, 0.15) is 12.7 Å². The summed E-state index contributed by atoms with van der Waals surface area (Å²) in [5.74, 6) is 0. The van der Waals surface area contributed by atoms with Crippen molar-refractivity contribution < 1.29 is 4.74 Å². The molecular formula is C23H25N5O. The van der Waals surface area contributed by atoms with E-state index in [2.05, 4.69) is 63.2 Å². The summed E-state index contributed by atoms with van der Waals surface area (Å²) >= 11 is 0. The summed E-state index contributed by atoms with van der Waals surface area (Å²) in [4.78, 5) is 4.02. The van der Waals surface area contributed by atoms with Gasteiger partial charge in [0.2, 0.25) is 0 Å². The molecule has 6 nitrogen and oxygen atoms in total. The highest BCUT2D eigenvalue weighted by molar-refractivity contribution is 5.82. The van der Waals surface area contributed by atoms with Gasteiger partial charge in [0.05, 0.1) is 19.8 Å². The number of nitrogens with zero attached hydrogens (tertiary/aromatic N) is 3. The molecule has 0 bridgehead atoms. The fourth-order valence-electron chi connectivity index (χ4n) is 4.08. The highest BCUT2D eigenvalue weighted by Gasteiger charge is 2.18. The zero-order valence-corrected chi connectivity index (χ0v) is 16.4. The molecule has 0 saturated heterocycles. The minimum Gasteiger partial charge on any atom is -0.383 e. The van der Waals surface area contributed by atoms with Crippen molar-refractivity contribution in [2.45, 2.75) is 25.8 Å². The van der Waals surface area contributed by atoms with E-state index in [1.54, 1.807) is 12.7 Å². The molecule has 0 radical (unpaired) electrons. The number of fused-ring (bicyclic) bond motifs is 2. The van der Waals surface area contributed by atoms with E-state index in [1.165, 1.54) is 33.6 Å². The van der Waals surface area contributed by atoms with Crippen molar-refractivity contribution in [1.29, 1.82) is 0 Å². The van der Waals surface area contributed by atoms with Crippen molar-refractivity contribution in [1.82, 2.24) is 14.8 Å². The van der Waals surface area contributed by atoms with Crippen LogP contribution in [0.25, 0.3) is 5.57 Å². The molecule has 0 spiro atoms. The quantitative estimate of drug-likeness (QED) is 0.692. The first-order chi connectivity index (χ1) is 14.4. The number of aryl methyl sites for hydroxylation is 2. The van der Waals surface area contributed by atoms with E-state index in [0.29, 0.717) is 6.61 Å². The number of hydrogen-bond donors (Lipinski definition) is 2. The summed E-state index contributed by atoms with van der Waals surface area (Å²) in [7, 11) is 0. The van der Waals surface area contributed by atoms with Gasteiger partial charge in [0.25, 0.3) is 0 Å². The Morgan fingerprint density at radius 2 is 2.00 bits per heavy atom. The lowest BCUT2D eigenvalue weighted by atomic mass is 9.94. The zero-order chi connectivity index (χ0) is 19.5. The average Bonchev–Trinajstić information content (AvgIpc) is 3.21. The van der Waals surface area contributed by atoms with Gasteiger partial charge in [-0.25, -0.2) is 4.98 Å². The molecule has 3 aromatic rings. The number of benzene rings is 2. The predicted octanol–water partition coefficient (Wildman–Crippen LogP) is 4.04. The monoisotopic (exact) mass is 387 g/mol. The molecule has 0 aliphatic carbocycles. The Balaban J connectivity index is 1.47. The molecule has 148 valence electrons. The SMILES string of the molecule is C1=C(c2cc3c(cc2NCCn2cncn2)Nc2ccccc2CC3)CCOC1. The molecule has 29 heavy (non-hydrogen) atoms. The Hall–Kier alpha value is -3.12. The molecule has 3 heterocycles. The number of aromatic nitrogens is 3. The van der Waals surface area contributed by atoms with Gasteiger partial charge in [-0.15, -0.1) is 0 Å². The Morgan fingerprint density at radius 3 is 2.86 bits per heavy atom. The Labute approximate surface area is 170 Å². The highest BCUT2D eigenvalue weighted by atomic mass is 16.5. The lowest BCUT2D eigenvalue weighted by Gasteiger charge is -2.21. The molecule has 0 atom stereocenters. The first-order valence-electron chi connectivity index (χ1n) is 10.2. The van der Waals surface area contributed by atoms with Gasteiger partial charge in [-0.3, -0.25) is 4.68 Å². The maximum atomic E-state index is 5.54. The average molecular weight is 387 g/mol. The third-order valence-corrected chi connectivity index (χ3v) is 5.63. The van der Waals surface area contributed by atoms with Crippen LogP contribution in [-0.4, -0.2) is 34.5 Å². The van der Waals surface area contributed by atoms with Crippen LogP contribution in [0.5, 0.6) is 0 Å². The van der Waals surface area contributed by atoms with Crippen LogP contribution in [0.4, 0.5) is 17.1 Å². The van der Waals surface area contributed by atoms with Crippen molar-refractivity contribution >= 4 is 22.6 Å². The van der Waals surface area contributed by atoms with Gasteiger partial charge in [0.15, 0.2) is 0 Å². The standard InChI is InChI=1S/C23H25N5O/c1-2-4-21-18(3-1)5-6-19-13-20(17-7-11-29-12-8-17)23(14-22(19)27-21)25-9-10-28-16-24-15-26-28/h1-4,7,13-16,25,27H,5-6,8-12H2. The molecule has 0 saturated carbocycles. The molecule has 6 heteroatoms. The van der Waals surface area contributed by atoms with E-state index in [4.69, 9.17) is 4.74 Å². The number of anilines is 3. The smallest absolute Gasteiger partial charge is 0.137 e. The van der Waals surface area contributed by atoms with E-state index in [0.717, 1.165) is 44.6 Å². The van der Waals surface area contributed by atoms with E-state index in [-0.39, 0.29) is 0 Å². The van der Waals surface area contributed by atoms with Crippen molar-refractivity contribution in [3.8, 4) is 0 Å². The van der Waals surface area contributed by atoms with Crippen LogP contribution in [0, 0.1) is 0 Å². The van der Waals surface area contributed by atoms with Gasteiger partial charge >= 0.3 is 0 Å². The molecule has 2 aromatic carbocycles. The number of nitrogens with one attached hydrogen (secondary N) is 2. The topological polar surface area (TPSA) is 64.0 Å². The summed E-state index contributed by atoms with van der Waals surface area (Å²) in [5, 5.41) is 11.5. The van der Waals surface area contributed by atoms with Crippen molar-refractivity contribution in [3.05, 3.63) is 71.8 Å². The van der Waals surface area contributed by atoms with Gasteiger partial charge in [-0.1, -0.05) is 24.3 Å². The molecule has 2 N–H and O–H groups in total. The fraction of sp³-hybridized carbons (Fsp3) is 0.304. The Kier molecular flexibility index (Phi) is 5.01. The maximum Gasteiger partial charge on any atom is 0.137 e. The second-order valence-corrected chi connectivity index (χ2v) is 7.48. The molecule has 2 aliphatic rings. The third-order valence-electron chi connectivity index (χ3n) is 5.63. The first-order valence-corrected chi connectivity index (χ1v) is 10.2. The summed E-state index contributed by atoms with van der Waals surface area (Å²) in [5.41, 5.74) is 8.94. The van der Waals surface area contributed by atoms with Crippen LogP contribution in [0.15, 0.2) is 55.1 Å². The van der Waals surface area contributed by atoms with Crippen LogP contribution in [0.2, 0.25) is 0 Å². The lowest BCUT2D eigenvalue weighted by molar-refractivity contribution is 0.161. The molecule has 0 fully saturated rings. The molecule has 5 rings (SSSR count). The molecule has 0 amide bonds. The minimum absolute atomic E-state index is 0.689. The number of hydrogen-bond acceptors (Lipinski definition) is 5. The number of para-hydroxylation sites is 1. The van der Waals surface area contributed by atoms with Crippen LogP contribution in [0.3, 0.4) is 0 Å². The molecule has 0 unspecified atom stereocenters. The van der Waals surface area contributed by atoms with Crippen molar-refractivity contribution in [3.63, 3.8) is 0 Å². The highest BCUT2D eigenvalue weighted by Crippen LogP contribution is 2.37. The van der Waals surface area contributed by atoms with E-state index in [1.807, 2.05) is 4.68 Å². The second-order valence-electron chi connectivity index (χ2n) is 7.48. The first kappa shape index (κ1) is 17.9. The van der Waals surface area contributed by atoms with Crippen molar-refractivity contribution in [2.75, 3.05) is 30.4 Å². The second kappa shape index (κ2) is 8.09. The van der Waals surface area contributed by atoms with Gasteiger partial charge in [-0.05, 0) is 54.2 Å². The van der Waals surface area contributed by atoms with Gasteiger partial charge < -0.3 is 15.4 Å². The molecule has 2 aliphatic heterocycles. The minimum atomic E-state index is 0.689. The summed E-state index contributed by atoms with van der Waals surface area (Å²) in [6.45, 7) is 3.03. The van der Waals surface area contributed by atoms with Crippen molar-refractivity contribution in [2.24, 2.45) is 0 Å². The van der Waals surface area contributed by atoms with Gasteiger partial charge in [0, 0.05) is 29.2 Å². The van der Waals surface area contributed by atoms with Crippen LogP contribution in [0.1, 0.15) is 23.1 Å². The number of rotatable bonds is 5. The fourth-order valence-corrected chi connectivity index (χ4v) is 4.08. The molecule has 1 aromatic heterocycles. The summed E-state index contributed by atoms with van der Waals surface area (Å²) in [6.07, 6.45) is 8.57. The maximum absolute atomic E-state index is 5.54. The van der Waals surface area contributed by atoms with Crippen LogP contribution in [-0.2, 0) is 24.1 Å². The van der Waals surface area contributed by atoms with Crippen LogP contribution < -0.4 is 10.6 Å². The van der Waals surface area contributed by atoms with Crippen LogP contribution >= 0.6 is 0 Å². The van der Waals surface area contributed by atoms with E-state index < -0.39 is 0 Å². The third kappa shape index (κ3) is 3.89. The van der Waals surface area contributed by atoms with E-state index >= 15 is 0 Å². The lowest BCUT2D eigenvalue weighted by Crippen LogP contribution is -2.13. The van der Waals surface area contributed by atoms with Gasteiger partial charge in [-0.2, -0.15) is 5.10 Å².